The second-order valence-corrected chi connectivity index (χ2v) is 4.82. The van der Waals surface area contributed by atoms with E-state index in [1.165, 1.54) is 6.92 Å². The third kappa shape index (κ3) is 4.30. The maximum atomic E-state index is 11.7. The van der Waals surface area contributed by atoms with E-state index in [4.69, 9.17) is 4.74 Å². The van der Waals surface area contributed by atoms with Crippen LogP contribution in [0.2, 0.25) is 0 Å². The van der Waals surface area contributed by atoms with Crippen molar-refractivity contribution in [2.75, 3.05) is 25.5 Å². The summed E-state index contributed by atoms with van der Waals surface area (Å²) in [5.74, 6) is -0.968. The zero-order chi connectivity index (χ0) is 15.1. The van der Waals surface area contributed by atoms with Crippen molar-refractivity contribution in [3.8, 4) is 0 Å². The van der Waals surface area contributed by atoms with E-state index in [1.807, 2.05) is 0 Å². The number of carbonyl (C=O) groups is 3. The Bertz CT molecular complexity index is 513. The van der Waals surface area contributed by atoms with Crippen LogP contribution in [0, 0.1) is 0 Å². The van der Waals surface area contributed by atoms with Gasteiger partial charge in [-0.3, -0.25) is 9.59 Å². The summed E-state index contributed by atoms with van der Waals surface area (Å²) in [7, 11) is 1.55. The van der Waals surface area contributed by atoms with E-state index >= 15 is 0 Å². The molecule has 0 radical (unpaired) electrons. The van der Waals surface area contributed by atoms with Crippen LogP contribution < -0.4 is 10.6 Å². The number of Topliss-reactive ketones (excluding diaryl/α,β-unsaturated/α-hetero) is 1. The number of ketones is 1. The van der Waals surface area contributed by atoms with Crippen LogP contribution in [-0.4, -0.2) is 42.8 Å². The van der Waals surface area contributed by atoms with Crippen molar-refractivity contribution < 1.29 is 19.1 Å². The van der Waals surface area contributed by atoms with Crippen LogP contribution in [0.5, 0.6) is 0 Å². The molecule has 8 heteroatoms. The molecule has 0 saturated heterocycles. The summed E-state index contributed by atoms with van der Waals surface area (Å²) in [5, 5.41) is 5.82. The third-order valence-corrected chi connectivity index (χ3v) is 3.44. The molecule has 0 aliphatic heterocycles. The fraction of sp³-hybridized carbons (Fsp3) is 0.500. The summed E-state index contributed by atoms with van der Waals surface area (Å²) in [6.45, 7) is 3.63. The molecule has 0 spiro atoms. The predicted molar refractivity (Wildman–Crippen MR) is 75.2 cm³/mol. The largest absolute Gasteiger partial charge is 0.461 e. The monoisotopic (exact) mass is 299 g/mol. The highest BCUT2D eigenvalue weighted by atomic mass is 32.1. The minimum absolute atomic E-state index is 0.0202. The van der Waals surface area contributed by atoms with Gasteiger partial charge in [0.05, 0.1) is 6.61 Å². The summed E-state index contributed by atoms with van der Waals surface area (Å²) in [4.78, 5) is 38.6. The van der Waals surface area contributed by atoms with Crippen LogP contribution in [0.1, 0.15) is 40.4 Å². The van der Waals surface area contributed by atoms with Crippen LogP contribution in [0.25, 0.3) is 0 Å². The number of nitrogens with zero attached hydrogens (tertiary/aromatic N) is 1. The molecule has 0 unspecified atom stereocenters. The van der Waals surface area contributed by atoms with Gasteiger partial charge in [0.2, 0.25) is 5.91 Å². The fourth-order valence-electron chi connectivity index (χ4n) is 1.38. The molecule has 110 valence electrons. The molecule has 0 aliphatic rings. The first kappa shape index (κ1) is 16.1. The van der Waals surface area contributed by atoms with Crippen LogP contribution in [-0.2, 0) is 9.53 Å². The van der Waals surface area contributed by atoms with E-state index in [0.29, 0.717) is 11.7 Å². The lowest BCUT2D eigenvalue weighted by atomic mass is 10.3. The topological polar surface area (TPSA) is 97.4 Å². The van der Waals surface area contributed by atoms with Gasteiger partial charge in [-0.15, -0.1) is 0 Å². The zero-order valence-corrected chi connectivity index (χ0v) is 12.4. The molecular weight excluding hydrogens is 282 g/mol. The number of hydrogen-bond donors (Lipinski definition) is 2. The number of nitrogens with one attached hydrogen (secondary N) is 2. The molecule has 0 atom stereocenters. The molecule has 7 nitrogen and oxygen atoms in total. The molecule has 20 heavy (non-hydrogen) atoms. The second-order valence-electron chi connectivity index (χ2n) is 3.82. The van der Waals surface area contributed by atoms with Crippen molar-refractivity contribution in [2.24, 2.45) is 0 Å². The highest BCUT2D eigenvalue weighted by Gasteiger charge is 2.22. The SMILES string of the molecule is CCOC(=O)c1nc(NCCC(=O)NC)sc1C(C)=O. The fourth-order valence-corrected chi connectivity index (χ4v) is 2.25. The molecule has 0 aromatic carbocycles. The zero-order valence-electron chi connectivity index (χ0n) is 11.6. The van der Waals surface area contributed by atoms with Crippen molar-refractivity contribution >= 4 is 34.1 Å². The highest BCUT2D eigenvalue weighted by Crippen LogP contribution is 2.24. The van der Waals surface area contributed by atoms with Crippen LogP contribution in [0.4, 0.5) is 5.13 Å². The average Bonchev–Trinajstić information content (AvgIpc) is 2.83. The number of thiazole rings is 1. The second kappa shape index (κ2) is 7.59. The first-order valence-electron chi connectivity index (χ1n) is 6.12. The van der Waals surface area contributed by atoms with Gasteiger partial charge in [0, 0.05) is 26.9 Å². The molecule has 1 amide bonds. The molecule has 1 aromatic heterocycles. The summed E-state index contributed by atoms with van der Waals surface area (Å²) in [6.07, 6.45) is 0.278. The van der Waals surface area contributed by atoms with E-state index in [9.17, 15) is 14.4 Å². The molecule has 0 fully saturated rings. The highest BCUT2D eigenvalue weighted by molar-refractivity contribution is 7.17. The van der Waals surface area contributed by atoms with Gasteiger partial charge in [-0.2, -0.15) is 0 Å². The molecule has 0 saturated carbocycles. The molecule has 0 aliphatic carbocycles. The van der Waals surface area contributed by atoms with E-state index < -0.39 is 5.97 Å². The Kier molecular flexibility index (Phi) is 6.10. The molecule has 0 bridgehead atoms. The Morgan fingerprint density at radius 1 is 1.35 bits per heavy atom. The van der Waals surface area contributed by atoms with Crippen LogP contribution in [0.3, 0.4) is 0 Å². The third-order valence-electron chi connectivity index (χ3n) is 2.32. The summed E-state index contributed by atoms with van der Waals surface area (Å²) in [6, 6.07) is 0. The number of carbonyl (C=O) groups excluding carboxylic acids is 3. The van der Waals surface area contributed by atoms with E-state index in [2.05, 4.69) is 15.6 Å². The maximum Gasteiger partial charge on any atom is 0.358 e. The summed E-state index contributed by atoms with van der Waals surface area (Å²) >= 11 is 1.08. The Labute approximate surface area is 120 Å². The Balaban J connectivity index is 2.78. The maximum absolute atomic E-state index is 11.7. The first-order valence-corrected chi connectivity index (χ1v) is 6.94. The van der Waals surface area contributed by atoms with Crippen molar-refractivity contribution in [1.82, 2.24) is 10.3 Å². The van der Waals surface area contributed by atoms with Crippen LogP contribution in [0.15, 0.2) is 0 Å². The van der Waals surface area contributed by atoms with E-state index in [-0.39, 0.29) is 35.3 Å². The summed E-state index contributed by atoms with van der Waals surface area (Å²) < 4.78 is 4.85. The summed E-state index contributed by atoms with van der Waals surface area (Å²) in [5.41, 5.74) is 0.0202. The Morgan fingerprint density at radius 3 is 2.60 bits per heavy atom. The smallest absolute Gasteiger partial charge is 0.358 e. The van der Waals surface area contributed by atoms with E-state index in [1.54, 1.807) is 14.0 Å². The lowest BCUT2D eigenvalue weighted by molar-refractivity contribution is -0.120. The van der Waals surface area contributed by atoms with Gasteiger partial charge in [0.25, 0.3) is 0 Å². The van der Waals surface area contributed by atoms with Gasteiger partial charge in [0.15, 0.2) is 16.6 Å². The molecule has 1 aromatic rings. The number of esters is 1. The first-order chi connectivity index (χ1) is 9.49. The number of amides is 1. The van der Waals surface area contributed by atoms with Gasteiger partial charge in [-0.1, -0.05) is 11.3 Å². The molecule has 1 heterocycles. The van der Waals surface area contributed by atoms with Gasteiger partial charge in [-0.05, 0) is 6.92 Å². The van der Waals surface area contributed by atoms with Crippen LogP contribution >= 0.6 is 11.3 Å². The van der Waals surface area contributed by atoms with Gasteiger partial charge >= 0.3 is 5.97 Å². The van der Waals surface area contributed by atoms with Gasteiger partial charge < -0.3 is 15.4 Å². The van der Waals surface area contributed by atoms with Crippen molar-refractivity contribution in [3.63, 3.8) is 0 Å². The normalized spacial score (nSPS) is 9.95. The van der Waals surface area contributed by atoms with Crippen molar-refractivity contribution in [1.29, 1.82) is 0 Å². The minimum atomic E-state index is -0.617. The molecule has 1 rings (SSSR count). The molecule has 2 N–H and O–H groups in total. The van der Waals surface area contributed by atoms with Gasteiger partial charge in [-0.25, -0.2) is 9.78 Å². The van der Waals surface area contributed by atoms with Gasteiger partial charge in [0.1, 0.15) is 4.88 Å². The lowest BCUT2D eigenvalue weighted by Crippen LogP contribution is -2.20. The average molecular weight is 299 g/mol. The predicted octanol–water partition coefficient (Wildman–Crippen LogP) is 1.07. The number of ether oxygens (including phenoxy) is 1. The quantitative estimate of drug-likeness (QED) is 0.577. The van der Waals surface area contributed by atoms with E-state index in [0.717, 1.165) is 11.3 Å². The van der Waals surface area contributed by atoms with Crippen molar-refractivity contribution in [2.45, 2.75) is 20.3 Å². The number of anilines is 1. The number of rotatable bonds is 7. The molecular formula is C12H17N3O4S. The van der Waals surface area contributed by atoms with Crippen molar-refractivity contribution in [3.05, 3.63) is 10.6 Å². The standard InChI is InChI=1S/C12H17N3O4S/c1-4-19-11(18)9-10(7(2)16)20-12(15-9)14-6-5-8(17)13-3/h4-6H2,1-3H3,(H,13,17)(H,14,15). The minimum Gasteiger partial charge on any atom is -0.461 e. The lowest BCUT2D eigenvalue weighted by Gasteiger charge is -2.01. The Morgan fingerprint density at radius 2 is 2.05 bits per heavy atom. The number of aromatic nitrogens is 1. The number of hydrogen-bond acceptors (Lipinski definition) is 7. The Hall–Kier alpha value is -1.96.